The molecule has 134 valence electrons. The summed E-state index contributed by atoms with van der Waals surface area (Å²) in [5.74, 6) is 0.660. The summed E-state index contributed by atoms with van der Waals surface area (Å²) in [6.45, 7) is 1.41. The molecule has 0 fully saturated rings. The zero-order valence-corrected chi connectivity index (χ0v) is 15.4. The van der Waals surface area contributed by atoms with E-state index in [-0.39, 0.29) is 5.91 Å². The van der Waals surface area contributed by atoms with Gasteiger partial charge in [-0.15, -0.1) is 11.3 Å². The van der Waals surface area contributed by atoms with Gasteiger partial charge in [0.15, 0.2) is 0 Å². The van der Waals surface area contributed by atoms with Crippen molar-refractivity contribution in [2.24, 2.45) is 0 Å². The first-order valence-electron chi connectivity index (χ1n) is 8.43. The molecular formula is C20H21N3O2S. The molecule has 1 aromatic heterocycles. The standard InChI is InChI=1S/C20H21N3O2S/c1-25-17-10-8-15(9-11-17)20-23-18(14-26-20)19(24)22-13-5-12-21-16-6-3-2-4-7-16/h2-4,6-11,14,21H,5,12-13H2,1H3,(H,22,24). The number of thiazole rings is 1. The van der Waals surface area contributed by atoms with Crippen LogP contribution in [0.4, 0.5) is 5.69 Å². The SMILES string of the molecule is COc1ccc(-c2nc(C(=O)NCCCNc3ccccc3)cs2)cc1. The lowest BCUT2D eigenvalue weighted by Crippen LogP contribution is -2.26. The molecule has 3 aromatic rings. The fraction of sp³-hybridized carbons (Fsp3) is 0.200. The highest BCUT2D eigenvalue weighted by Crippen LogP contribution is 2.25. The molecule has 0 aliphatic rings. The molecule has 2 N–H and O–H groups in total. The van der Waals surface area contributed by atoms with Crippen LogP contribution in [0.15, 0.2) is 60.0 Å². The van der Waals surface area contributed by atoms with Gasteiger partial charge in [-0.25, -0.2) is 4.98 Å². The normalized spacial score (nSPS) is 10.3. The summed E-state index contributed by atoms with van der Waals surface area (Å²) in [5, 5.41) is 8.84. The maximum absolute atomic E-state index is 12.2. The second-order valence-electron chi connectivity index (χ2n) is 5.67. The van der Waals surface area contributed by atoms with Crippen LogP contribution in [-0.4, -0.2) is 31.1 Å². The summed E-state index contributed by atoms with van der Waals surface area (Å²) < 4.78 is 5.15. The van der Waals surface area contributed by atoms with Crippen LogP contribution < -0.4 is 15.4 Å². The van der Waals surface area contributed by atoms with Gasteiger partial charge in [-0.1, -0.05) is 18.2 Å². The quantitative estimate of drug-likeness (QED) is 0.590. The molecule has 6 heteroatoms. The number of anilines is 1. The maximum Gasteiger partial charge on any atom is 0.270 e. The van der Waals surface area contributed by atoms with Crippen LogP contribution in [0.5, 0.6) is 5.75 Å². The Morgan fingerprint density at radius 1 is 1.08 bits per heavy atom. The third-order valence-corrected chi connectivity index (χ3v) is 4.71. The fourth-order valence-corrected chi connectivity index (χ4v) is 3.22. The third-order valence-electron chi connectivity index (χ3n) is 3.82. The molecule has 1 heterocycles. The molecule has 0 bridgehead atoms. The van der Waals surface area contributed by atoms with Crippen molar-refractivity contribution in [3.05, 3.63) is 65.7 Å². The smallest absolute Gasteiger partial charge is 0.270 e. The van der Waals surface area contributed by atoms with Crippen LogP contribution in [0.25, 0.3) is 10.6 Å². The van der Waals surface area contributed by atoms with E-state index in [0.29, 0.717) is 12.2 Å². The number of aromatic nitrogens is 1. The van der Waals surface area contributed by atoms with Gasteiger partial charge in [-0.3, -0.25) is 4.79 Å². The van der Waals surface area contributed by atoms with Gasteiger partial charge in [0, 0.05) is 29.7 Å². The van der Waals surface area contributed by atoms with Crippen LogP contribution in [0.3, 0.4) is 0 Å². The van der Waals surface area contributed by atoms with E-state index in [1.807, 2.05) is 54.6 Å². The van der Waals surface area contributed by atoms with Crippen LogP contribution in [0, 0.1) is 0 Å². The van der Waals surface area contributed by atoms with Gasteiger partial charge in [0.05, 0.1) is 7.11 Å². The minimum absolute atomic E-state index is 0.138. The Kier molecular flexibility index (Phi) is 6.22. The van der Waals surface area contributed by atoms with Crippen LogP contribution in [0.2, 0.25) is 0 Å². The minimum atomic E-state index is -0.138. The summed E-state index contributed by atoms with van der Waals surface area (Å²) in [4.78, 5) is 16.6. The summed E-state index contributed by atoms with van der Waals surface area (Å²) in [7, 11) is 1.64. The molecular weight excluding hydrogens is 346 g/mol. The molecule has 1 amide bonds. The molecule has 26 heavy (non-hydrogen) atoms. The number of nitrogens with zero attached hydrogens (tertiary/aromatic N) is 1. The predicted octanol–water partition coefficient (Wildman–Crippen LogP) is 4.05. The first kappa shape index (κ1) is 17.9. The third kappa shape index (κ3) is 4.83. The van der Waals surface area contributed by atoms with Gasteiger partial charge >= 0.3 is 0 Å². The number of benzene rings is 2. The molecule has 0 aliphatic carbocycles. The molecule has 0 unspecified atom stereocenters. The number of para-hydroxylation sites is 1. The van der Waals surface area contributed by atoms with E-state index in [2.05, 4.69) is 15.6 Å². The Hall–Kier alpha value is -2.86. The van der Waals surface area contributed by atoms with Gasteiger partial charge in [-0.05, 0) is 42.8 Å². The Balaban J connectivity index is 1.45. The molecule has 0 aliphatic heterocycles. The zero-order chi connectivity index (χ0) is 18.2. The van der Waals surface area contributed by atoms with Crippen molar-refractivity contribution < 1.29 is 9.53 Å². The first-order valence-corrected chi connectivity index (χ1v) is 9.31. The summed E-state index contributed by atoms with van der Waals surface area (Å²) in [5.41, 5.74) is 2.52. The zero-order valence-electron chi connectivity index (χ0n) is 14.6. The van der Waals surface area contributed by atoms with E-state index in [4.69, 9.17) is 4.74 Å². The first-order chi connectivity index (χ1) is 12.8. The lowest BCUT2D eigenvalue weighted by Gasteiger charge is -2.06. The van der Waals surface area contributed by atoms with Crippen molar-refractivity contribution in [3.63, 3.8) is 0 Å². The van der Waals surface area contributed by atoms with E-state index >= 15 is 0 Å². The lowest BCUT2D eigenvalue weighted by molar-refractivity contribution is 0.0949. The van der Waals surface area contributed by atoms with Crippen molar-refractivity contribution in [1.82, 2.24) is 10.3 Å². The summed E-state index contributed by atoms with van der Waals surface area (Å²) >= 11 is 1.46. The second kappa shape index (κ2) is 9.01. The Morgan fingerprint density at radius 3 is 2.58 bits per heavy atom. The molecule has 0 radical (unpaired) electrons. The number of rotatable bonds is 8. The van der Waals surface area contributed by atoms with E-state index in [1.165, 1.54) is 11.3 Å². The van der Waals surface area contributed by atoms with Gasteiger partial charge in [-0.2, -0.15) is 0 Å². The van der Waals surface area contributed by atoms with Crippen LogP contribution in [0.1, 0.15) is 16.9 Å². The lowest BCUT2D eigenvalue weighted by atomic mass is 10.2. The van der Waals surface area contributed by atoms with Crippen LogP contribution in [-0.2, 0) is 0 Å². The Labute approximate surface area is 157 Å². The van der Waals surface area contributed by atoms with Crippen LogP contribution >= 0.6 is 11.3 Å². The Morgan fingerprint density at radius 2 is 1.85 bits per heavy atom. The predicted molar refractivity (Wildman–Crippen MR) is 106 cm³/mol. The topological polar surface area (TPSA) is 63.2 Å². The van der Waals surface area contributed by atoms with E-state index in [0.717, 1.165) is 35.0 Å². The highest BCUT2D eigenvalue weighted by atomic mass is 32.1. The number of carbonyl (C=O) groups is 1. The molecule has 0 atom stereocenters. The highest BCUT2D eigenvalue weighted by Gasteiger charge is 2.11. The minimum Gasteiger partial charge on any atom is -0.497 e. The fourth-order valence-electron chi connectivity index (χ4n) is 2.41. The number of hydrogen-bond donors (Lipinski definition) is 2. The van der Waals surface area contributed by atoms with Gasteiger partial charge in [0.1, 0.15) is 16.5 Å². The monoisotopic (exact) mass is 367 g/mol. The number of nitrogens with one attached hydrogen (secondary N) is 2. The van der Waals surface area contributed by atoms with Gasteiger partial charge in [0.2, 0.25) is 0 Å². The van der Waals surface area contributed by atoms with Gasteiger partial charge in [0.25, 0.3) is 5.91 Å². The molecule has 0 spiro atoms. The molecule has 0 saturated carbocycles. The number of amides is 1. The van der Waals surface area contributed by atoms with Crippen molar-refractivity contribution in [2.45, 2.75) is 6.42 Å². The van der Waals surface area contributed by atoms with Crippen molar-refractivity contribution in [2.75, 3.05) is 25.5 Å². The molecule has 5 nitrogen and oxygen atoms in total. The van der Waals surface area contributed by atoms with Crippen molar-refractivity contribution >= 4 is 22.9 Å². The van der Waals surface area contributed by atoms with Crippen molar-refractivity contribution in [3.8, 4) is 16.3 Å². The van der Waals surface area contributed by atoms with E-state index in [1.54, 1.807) is 12.5 Å². The number of methoxy groups -OCH3 is 1. The number of carbonyl (C=O) groups excluding carboxylic acids is 1. The van der Waals surface area contributed by atoms with Gasteiger partial charge < -0.3 is 15.4 Å². The van der Waals surface area contributed by atoms with Crippen molar-refractivity contribution in [1.29, 1.82) is 0 Å². The Bertz CT molecular complexity index is 832. The summed E-state index contributed by atoms with van der Waals surface area (Å²) in [6.07, 6.45) is 0.843. The molecule has 3 rings (SSSR count). The molecule has 2 aromatic carbocycles. The van der Waals surface area contributed by atoms with E-state index < -0.39 is 0 Å². The average molecular weight is 367 g/mol. The highest BCUT2D eigenvalue weighted by molar-refractivity contribution is 7.13. The number of hydrogen-bond acceptors (Lipinski definition) is 5. The average Bonchev–Trinajstić information content (AvgIpc) is 3.19. The van der Waals surface area contributed by atoms with E-state index in [9.17, 15) is 4.79 Å². The summed E-state index contributed by atoms with van der Waals surface area (Å²) in [6, 6.07) is 17.7. The molecule has 0 saturated heterocycles. The maximum atomic E-state index is 12.2. The second-order valence-corrected chi connectivity index (χ2v) is 6.53. The largest absolute Gasteiger partial charge is 0.497 e. The number of ether oxygens (including phenoxy) is 1.